The first-order chi connectivity index (χ1) is 15.9. The van der Waals surface area contributed by atoms with Gasteiger partial charge in [-0.05, 0) is 71.6 Å². The Morgan fingerprint density at radius 2 is 1.59 bits per heavy atom. The second-order valence-corrected chi connectivity index (χ2v) is 9.34. The SMILES string of the molecule is CCCC(C(=O)O)c1cc(-c2ccc(C(F)(F)F)cc2)cc(S(=O)(=O)Nc2ccc(F)cc2)c1. The molecular weight excluding hydrogens is 474 g/mol. The van der Waals surface area contributed by atoms with Gasteiger partial charge in [0.25, 0.3) is 10.0 Å². The topological polar surface area (TPSA) is 83.5 Å². The third-order valence-electron chi connectivity index (χ3n) is 5.16. The maximum atomic E-state index is 13.2. The zero-order valence-electron chi connectivity index (χ0n) is 17.9. The quantitative estimate of drug-likeness (QED) is 0.360. The van der Waals surface area contributed by atoms with E-state index in [1.165, 1.54) is 42.5 Å². The number of hydrogen-bond acceptors (Lipinski definition) is 3. The minimum Gasteiger partial charge on any atom is -0.481 e. The predicted molar refractivity (Wildman–Crippen MR) is 119 cm³/mol. The molecule has 3 rings (SSSR count). The molecule has 1 unspecified atom stereocenters. The normalized spacial score (nSPS) is 12.9. The molecule has 0 radical (unpaired) electrons. The van der Waals surface area contributed by atoms with Gasteiger partial charge < -0.3 is 5.11 Å². The molecular formula is C24H21F4NO4S. The molecule has 0 saturated heterocycles. The van der Waals surface area contributed by atoms with E-state index in [-0.39, 0.29) is 33.7 Å². The van der Waals surface area contributed by atoms with Gasteiger partial charge in [-0.3, -0.25) is 9.52 Å². The molecule has 180 valence electrons. The van der Waals surface area contributed by atoms with Crippen LogP contribution >= 0.6 is 0 Å². The van der Waals surface area contributed by atoms with Gasteiger partial charge in [-0.2, -0.15) is 13.2 Å². The second kappa shape index (κ2) is 9.84. The first-order valence-corrected chi connectivity index (χ1v) is 11.7. The summed E-state index contributed by atoms with van der Waals surface area (Å²) in [6.45, 7) is 1.78. The Labute approximate surface area is 194 Å². The Bertz CT molecular complexity index is 1270. The summed E-state index contributed by atoms with van der Waals surface area (Å²) in [6.07, 6.45) is -3.79. The zero-order chi connectivity index (χ0) is 25.1. The third kappa shape index (κ3) is 5.93. The molecule has 3 aromatic carbocycles. The highest BCUT2D eigenvalue weighted by molar-refractivity contribution is 7.92. The molecule has 0 amide bonds. The van der Waals surface area contributed by atoms with Crippen LogP contribution in [-0.4, -0.2) is 19.5 Å². The maximum Gasteiger partial charge on any atom is 0.416 e. The van der Waals surface area contributed by atoms with E-state index in [1.807, 2.05) is 0 Å². The highest BCUT2D eigenvalue weighted by Gasteiger charge is 2.30. The Kier molecular flexibility index (Phi) is 7.30. The van der Waals surface area contributed by atoms with E-state index >= 15 is 0 Å². The minimum atomic E-state index is -4.54. The van der Waals surface area contributed by atoms with E-state index in [9.17, 15) is 35.9 Å². The molecule has 2 N–H and O–H groups in total. The number of anilines is 1. The minimum absolute atomic E-state index is 0.0891. The smallest absolute Gasteiger partial charge is 0.416 e. The first-order valence-electron chi connectivity index (χ1n) is 10.2. The van der Waals surface area contributed by atoms with Crippen molar-refractivity contribution < 1.29 is 35.9 Å². The van der Waals surface area contributed by atoms with Gasteiger partial charge in [-0.25, -0.2) is 12.8 Å². The lowest BCUT2D eigenvalue weighted by atomic mass is 9.91. The van der Waals surface area contributed by atoms with Crippen LogP contribution < -0.4 is 4.72 Å². The van der Waals surface area contributed by atoms with Crippen LogP contribution in [0.1, 0.15) is 36.8 Å². The molecule has 0 spiro atoms. The van der Waals surface area contributed by atoms with E-state index < -0.39 is 39.5 Å². The molecule has 3 aromatic rings. The van der Waals surface area contributed by atoms with E-state index in [0.717, 1.165) is 24.3 Å². The Morgan fingerprint density at radius 1 is 0.971 bits per heavy atom. The number of aliphatic carboxylic acids is 1. The van der Waals surface area contributed by atoms with Crippen molar-refractivity contribution in [3.05, 3.63) is 83.7 Å². The summed E-state index contributed by atoms with van der Waals surface area (Å²) >= 11 is 0. The summed E-state index contributed by atoms with van der Waals surface area (Å²) in [7, 11) is -4.23. The lowest BCUT2D eigenvalue weighted by Gasteiger charge is -2.17. The number of rotatable bonds is 8. The Balaban J connectivity index is 2.12. The second-order valence-electron chi connectivity index (χ2n) is 7.66. The van der Waals surface area contributed by atoms with E-state index in [1.54, 1.807) is 6.92 Å². The van der Waals surface area contributed by atoms with Crippen molar-refractivity contribution >= 4 is 21.7 Å². The molecule has 10 heteroatoms. The summed E-state index contributed by atoms with van der Waals surface area (Å²) in [6, 6.07) is 12.7. The van der Waals surface area contributed by atoms with Crippen molar-refractivity contribution in [2.24, 2.45) is 0 Å². The van der Waals surface area contributed by atoms with Crippen LogP contribution in [0.15, 0.2) is 71.6 Å². The number of carboxylic acid groups (broad SMARTS) is 1. The van der Waals surface area contributed by atoms with E-state index in [4.69, 9.17) is 0 Å². The summed E-state index contributed by atoms with van der Waals surface area (Å²) in [4.78, 5) is 11.6. The number of carbonyl (C=O) groups is 1. The van der Waals surface area contributed by atoms with Crippen molar-refractivity contribution in [3.8, 4) is 11.1 Å². The molecule has 0 bridgehead atoms. The van der Waals surface area contributed by atoms with Crippen LogP contribution in [0.3, 0.4) is 0 Å². The zero-order valence-corrected chi connectivity index (χ0v) is 18.8. The molecule has 1 atom stereocenters. The maximum absolute atomic E-state index is 13.2. The fourth-order valence-electron chi connectivity index (χ4n) is 3.45. The number of benzene rings is 3. The van der Waals surface area contributed by atoms with E-state index in [0.29, 0.717) is 6.42 Å². The van der Waals surface area contributed by atoms with Crippen LogP contribution in [0.2, 0.25) is 0 Å². The van der Waals surface area contributed by atoms with Crippen molar-refractivity contribution in [2.45, 2.75) is 36.8 Å². The largest absolute Gasteiger partial charge is 0.481 e. The molecule has 0 aromatic heterocycles. The fourth-order valence-corrected chi connectivity index (χ4v) is 4.59. The molecule has 0 aliphatic carbocycles. The summed E-state index contributed by atoms with van der Waals surface area (Å²) in [5, 5.41) is 9.67. The lowest BCUT2D eigenvalue weighted by molar-refractivity contribution is -0.139. The molecule has 0 aliphatic rings. The number of halogens is 4. The molecule has 0 aliphatic heterocycles. The van der Waals surface area contributed by atoms with Crippen LogP contribution in [0.5, 0.6) is 0 Å². The molecule has 0 heterocycles. The molecule has 0 saturated carbocycles. The average Bonchev–Trinajstić information content (AvgIpc) is 2.78. The van der Waals surface area contributed by atoms with Gasteiger partial charge in [-0.15, -0.1) is 0 Å². The molecule has 34 heavy (non-hydrogen) atoms. The summed E-state index contributed by atoms with van der Waals surface area (Å²) in [5.74, 6) is -2.72. The van der Waals surface area contributed by atoms with Crippen molar-refractivity contribution in [2.75, 3.05) is 4.72 Å². The van der Waals surface area contributed by atoms with Crippen LogP contribution in [-0.2, 0) is 21.0 Å². The van der Waals surface area contributed by atoms with Gasteiger partial charge in [0.15, 0.2) is 0 Å². The van der Waals surface area contributed by atoms with Crippen LogP contribution in [0.4, 0.5) is 23.2 Å². The van der Waals surface area contributed by atoms with Crippen LogP contribution in [0.25, 0.3) is 11.1 Å². The van der Waals surface area contributed by atoms with E-state index in [2.05, 4.69) is 4.72 Å². The Hall–Kier alpha value is -3.40. The van der Waals surface area contributed by atoms with Crippen molar-refractivity contribution in [1.29, 1.82) is 0 Å². The third-order valence-corrected chi connectivity index (χ3v) is 6.52. The summed E-state index contributed by atoms with van der Waals surface area (Å²) < 4.78 is 80.4. The standard InChI is InChI=1S/C24H21F4NO4S/c1-2-3-22(23(30)31)17-12-16(15-4-6-18(7-5-15)24(26,27)28)13-21(14-17)34(32,33)29-20-10-8-19(25)9-11-20/h4-14,22,29H,2-3H2,1H3,(H,30,31). The predicted octanol–water partition coefficient (Wildman–Crippen LogP) is 6.28. The monoisotopic (exact) mass is 495 g/mol. The number of carboxylic acids is 1. The van der Waals surface area contributed by atoms with Gasteiger partial charge in [0.05, 0.1) is 16.4 Å². The van der Waals surface area contributed by atoms with Crippen molar-refractivity contribution in [1.82, 2.24) is 0 Å². The Morgan fingerprint density at radius 3 is 2.12 bits per heavy atom. The molecule has 0 fully saturated rings. The van der Waals surface area contributed by atoms with Gasteiger partial charge in [-0.1, -0.05) is 31.5 Å². The highest BCUT2D eigenvalue weighted by Crippen LogP contribution is 2.34. The van der Waals surface area contributed by atoms with Gasteiger partial charge in [0.2, 0.25) is 0 Å². The number of sulfonamides is 1. The lowest BCUT2D eigenvalue weighted by Crippen LogP contribution is -2.16. The fraction of sp³-hybridized carbons (Fsp3) is 0.208. The van der Waals surface area contributed by atoms with Gasteiger partial charge in [0.1, 0.15) is 5.82 Å². The number of hydrogen-bond donors (Lipinski definition) is 2. The van der Waals surface area contributed by atoms with Crippen LogP contribution in [0, 0.1) is 5.82 Å². The van der Waals surface area contributed by atoms with Gasteiger partial charge in [0, 0.05) is 5.69 Å². The average molecular weight is 495 g/mol. The van der Waals surface area contributed by atoms with Gasteiger partial charge >= 0.3 is 12.1 Å². The number of alkyl halides is 3. The highest BCUT2D eigenvalue weighted by atomic mass is 32.2. The summed E-state index contributed by atoms with van der Waals surface area (Å²) in [5.41, 5.74) is -0.0492. The van der Waals surface area contributed by atoms with Crippen molar-refractivity contribution in [3.63, 3.8) is 0 Å². The number of nitrogens with one attached hydrogen (secondary N) is 1. The molecule has 5 nitrogen and oxygen atoms in total. The first kappa shape index (κ1) is 25.2.